The Kier molecular flexibility index (Phi) is 3.08. The van der Waals surface area contributed by atoms with E-state index < -0.39 is 0 Å². The first-order valence-electron chi connectivity index (χ1n) is 7.35. The van der Waals surface area contributed by atoms with E-state index >= 15 is 0 Å². The number of hydrogen-bond donors (Lipinski definition) is 2. The summed E-state index contributed by atoms with van der Waals surface area (Å²) in [4.78, 5) is 8.51. The molecule has 0 aliphatic heterocycles. The summed E-state index contributed by atoms with van der Waals surface area (Å²) in [7, 11) is 0. The molecule has 23 heavy (non-hydrogen) atoms. The maximum Gasteiger partial charge on any atom is 0.141 e. The van der Waals surface area contributed by atoms with Crippen molar-refractivity contribution in [1.29, 1.82) is 0 Å². The molecule has 0 aliphatic carbocycles. The summed E-state index contributed by atoms with van der Waals surface area (Å²) in [6.07, 6.45) is 4.02. The van der Waals surface area contributed by atoms with Crippen molar-refractivity contribution >= 4 is 21.8 Å². The summed E-state index contributed by atoms with van der Waals surface area (Å²) >= 11 is 0. The fraction of sp³-hybridized carbons (Fsp3) is 0.0526. The molecule has 0 atom stereocenters. The highest BCUT2D eigenvalue weighted by molar-refractivity contribution is 5.90. The molecule has 0 fully saturated rings. The number of nitrogens with zero attached hydrogens (tertiary/aromatic N) is 2. The van der Waals surface area contributed by atoms with Crippen LogP contribution in [0, 0.1) is 0 Å². The third-order valence-electron chi connectivity index (χ3n) is 4.06. The molecule has 4 aromatic rings. The summed E-state index contributed by atoms with van der Waals surface area (Å²) in [5, 5.41) is 21.8. The lowest BCUT2D eigenvalue weighted by atomic mass is 9.97. The second-order valence-electron chi connectivity index (χ2n) is 5.46. The first-order valence-corrected chi connectivity index (χ1v) is 7.35. The van der Waals surface area contributed by atoms with Crippen molar-refractivity contribution in [2.75, 3.05) is 0 Å². The van der Waals surface area contributed by atoms with Crippen molar-refractivity contribution in [3.05, 3.63) is 72.1 Å². The Morgan fingerprint density at radius 1 is 0.652 bits per heavy atom. The van der Waals surface area contributed by atoms with E-state index in [0.717, 1.165) is 21.9 Å². The Morgan fingerprint density at radius 3 is 1.61 bits per heavy atom. The van der Waals surface area contributed by atoms with Crippen LogP contribution in [0.4, 0.5) is 0 Å². The lowest BCUT2D eigenvalue weighted by molar-refractivity contribution is 0.480. The van der Waals surface area contributed by atoms with Gasteiger partial charge in [0.25, 0.3) is 0 Å². The van der Waals surface area contributed by atoms with Gasteiger partial charge >= 0.3 is 0 Å². The van der Waals surface area contributed by atoms with Crippen molar-refractivity contribution in [3.63, 3.8) is 0 Å². The molecule has 0 amide bonds. The number of hydrogen-bond acceptors (Lipinski definition) is 4. The number of phenolic OH excluding ortho intramolecular Hbond substituents is 2. The first-order chi connectivity index (χ1) is 11.2. The molecule has 4 nitrogen and oxygen atoms in total. The van der Waals surface area contributed by atoms with E-state index in [9.17, 15) is 10.2 Å². The van der Waals surface area contributed by atoms with Gasteiger partial charge in [-0.2, -0.15) is 0 Å². The molecular formula is C19H14N2O2. The van der Waals surface area contributed by atoms with Gasteiger partial charge in [0, 0.05) is 23.2 Å². The molecule has 2 heterocycles. The van der Waals surface area contributed by atoms with Gasteiger partial charge < -0.3 is 10.2 Å². The van der Waals surface area contributed by atoms with Crippen LogP contribution >= 0.6 is 0 Å². The molecule has 0 spiro atoms. The molecule has 0 bridgehead atoms. The second-order valence-corrected chi connectivity index (χ2v) is 5.46. The summed E-state index contributed by atoms with van der Waals surface area (Å²) in [6, 6.07) is 14.8. The highest BCUT2D eigenvalue weighted by atomic mass is 16.3. The van der Waals surface area contributed by atoms with Crippen molar-refractivity contribution in [3.8, 4) is 11.5 Å². The van der Waals surface area contributed by atoms with Crippen molar-refractivity contribution in [1.82, 2.24) is 9.97 Å². The molecule has 0 saturated heterocycles. The van der Waals surface area contributed by atoms with Crippen LogP contribution in [0.5, 0.6) is 11.5 Å². The molecule has 2 aromatic heterocycles. The maximum atomic E-state index is 9.96. The Hall–Kier alpha value is -3.14. The SMILES string of the molecule is Oc1ccc(Cc2ccc(O)c3ncccc23)c2cccnc12. The number of pyridine rings is 2. The fourth-order valence-electron chi connectivity index (χ4n) is 2.95. The Bertz CT molecular complexity index is 945. The predicted molar refractivity (Wildman–Crippen MR) is 89.6 cm³/mol. The minimum absolute atomic E-state index is 0.182. The molecule has 4 heteroatoms. The van der Waals surface area contributed by atoms with Gasteiger partial charge in [-0.1, -0.05) is 24.3 Å². The number of benzene rings is 2. The van der Waals surface area contributed by atoms with E-state index in [4.69, 9.17) is 0 Å². The summed E-state index contributed by atoms with van der Waals surface area (Å²) in [6.45, 7) is 0. The van der Waals surface area contributed by atoms with E-state index in [1.165, 1.54) is 0 Å². The van der Waals surface area contributed by atoms with E-state index in [1.54, 1.807) is 24.5 Å². The standard InChI is InChI=1S/C19H14N2O2/c22-16-7-5-12(14-3-1-9-20-18(14)16)11-13-6-8-17(23)19-15(13)4-2-10-21-19/h1-10,22-23H,11H2. The monoisotopic (exact) mass is 302 g/mol. The van der Waals surface area contributed by atoms with Crippen LogP contribution in [0.25, 0.3) is 21.8 Å². The van der Waals surface area contributed by atoms with Gasteiger partial charge in [-0.25, -0.2) is 0 Å². The summed E-state index contributed by atoms with van der Waals surface area (Å²) < 4.78 is 0. The fourth-order valence-corrected chi connectivity index (χ4v) is 2.95. The van der Waals surface area contributed by atoms with Gasteiger partial charge in [0.05, 0.1) is 0 Å². The molecule has 0 saturated carbocycles. The minimum atomic E-state index is 0.182. The van der Waals surface area contributed by atoms with Crippen LogP contribution in [-0.2, 0) is 6.42 Å². The molecule has 4 rings (SSSR count). The first kappa shape index (κ1) is 13.5. The van der Waals surface area contributed by atoms with Gasteiger partial charge in [0.2, 0.25) is 0 Å². The van der Waals surface area contributed by atoms with Gasteiger partial charge in [0.1, 0.15) is 22.5 Å². The molecule has 0 unspecified atom stereocenters. The molecule has 2 N–H and O–H groups in total. The van der Waals surface area contributed by atoms with E-state index in [2.05, 4.69) is 9.97 Å². The average Bonchev–Trinajstić information content (AvgIpc) is 2.60. The van der Waals surface area contributed by atoms with E-state index in [1.807, 2.05) is 36.4 Å². The zero-order valence-electron chi connectivity index (χ0n) is 12.3. The predicted octanol–water partition coefficient (Wildman–Crippen LogP) is 3.79. The third-order valence-corrected chi connectivity index (χ3v) is 4.06. The van der Waals surface area contributed by atoms with Gasteiger partial charge in [-0.15, -0.1) is 0 Å². The number of phenols is 2. The van der Waals surface area contributed by atoms with Crippen molar-refractivity contribution < 1.29 is 10.2 Å². The maximum absolute atomic E-state index is 9.96. The molecular weight excluding hydrogens is 288 g/mol. The lowest BCUT2D eigenvalue weighted by Crippen LogP contribution is -1.93. The number of aromatic hydroxyl groups is 2. The normalized spacial score (nSPS) is 11.1. The number of rotatable bonds is 2. The average molecular weight is 302 g/mol. The van der Waals surface area contributed by atoms with Crippen LogP contribution in [-0.4, -0.2) is 20.2 Å². The van der Waals surface area contributed by atoms with Gasteiger partial charge in [0.15, 0.2) is 0 Å². The zero-order chi connectivity index (χ0) is 15.8. The Morgan fingerprint density at radius 2 is 1.13 bits per heavy atom. The van der Waals surface area contributed by atoms with E-state index in [0.29, 0.717) is 17.5 Å². The van der Waals surface area contributed by atoms with Gasteiger partial charge in [-0.05, 0) is 41.8 Å². The molecule has 0 aliphatic rings. The zero-order valence-corrected chi connectivity index (χ0v) is 12.3. The van der Waals surface area contributed by atoms with Gasteiger partial charge in [-0.3, -0.25) is 9.97 Å². The largest absolute Gasteiger partial charge is 0.506 e. The smallest absolute Gasteiger partial charge is 0.141 e. The molecule has 2 aromatic carbocycles. The second kappa shape index (κ2) is 5.25. The van der Waals surface area contributed by atoms with Crippen LogP contribution < -0.4 is 0 Å². The molecule has 0 radical (unpaired) electrons. The Balaban J connectivity index is 1.89. The lowest BCUT2D eigenvalue weighted by Gasteiger charge is -2.10. The number of aromatic nitrogens is 2. The van der Waals surface area contributed by atoms with E-state index in [-0.39, 0.29) is 11.5 Å². The number of fused-ring (bicyclic) bond motifs is 2. The summed E-state index contributed by atoms with van der Waals surface area (Å²) in [5.74, 6) is 0.364. The summed E-state index contributed by atoms with van der Waals surface area (Å²) in [5.41, 5.74) is 3.35. The van der Waals surface area contributed by atoms with Crippen molar-refractivity contribution in [2.24, 2.45) is 0 Å². The minimum Gasteiger partial charge on any atom is -0.506 e. The van der Waals surface area contributed by atoms with Crippen LogP contribution in [0.15, 0.2) is 60.9 Å². The van der Waals surface area contributed by atoms with Crippen LogP contribution in [0.3, 0.4) is 0 Å². The highest BCUT2D eigenvalue weighted by Crippen LogP contribution is 2.31. The van der Waals surface area contributed by atoms with Crippen LogP contribution in [0.2, 0.25) is 0 Å². The van der Waals surface area contributed by atoms with Crippen molar-refractivity contribution in [2.45, 2.75) is 6.42 Å². The topological polar surface area (TPSA) is 66.2 Å². The third kappa shape index (κ3) is 2.25. The highest BCUT2D eigenvalue weighted by Gasteiger charge is 2.10. The Labute approximate surface area is 132 Å². The van der Waals surface area contributed by atoms with Crippen LogP contribution in [0.1, 0.15) is 11.1 Å². The quantitative estimate of drug-likeness (QED) is 0.591. The molecule has 112 valence electrons.